The van der Waals surface area contributed by atoms with Crippen molar-refractivity contribution in [2.45, 2.75) is 19.8 Å². The molecule has 0 aliphatic carbocycles. The minimum atomic E-state index is -0.234. The maximum Gasteiger partial charge on any atom is 0.305 e. The molecule has 0 saturated heterocycles. The quantitative estimate of drug-likeness (QED) is 0.500. The van der Waals surface area contributed by atoms with Crippen LogP contribution in [0.2, 0.25) is 0 Å². The van der Waals surface area contributed by atoms with E-state index in [0.29, 0.717) is 18.7 Å². The number of carbonyl (C=O) groups is 1. The van der Waals surface area contributed by atoms with Gasteiger partial charge in [-0.25, -0.2) is 4.99 Å². The lowest BCUT2D eigenvalue weighted by Crippen LogP contribution is -2.13. The van der Waals surface area contributed by atoms with Crippen LogP contribution in [0.5, 0.6) is 0 Å². The minimum absolute atomic E-state index is 0.234. The Bertz CT molecular complexity index is 735. The van der Waals surface area contributed by atoms with Gasteiger partial charge < -0.3 is 10.5 Å². The van der Waals surface area contributed by atoms with Crippen molar-refractivity contribution in [1.29, 1.82) is 0 Å². The average molecular weight is 322 g/mol. The Kier molecular flexibility index (Phi) is 6.32. The van der Waals surface area contributed by atoms with E-state index in [9.17, 15) is 4.79 Å². The van der Waals surface area contributed by atoms with Crippen LogP contribution < -0.4 is 5.73 Å². The molecule has 0 amide bonds. The van der Waals surface area contributed by atoms with Crippen LogP contribution in [0.25, 0.3) is 5.70 Å². The van der Waals surface area contributed by atoms with E-state index >= 15 is 0 Å². The van der Waals surface area contributed by atoms with Gasteiger partial charge in [0.1, 0.15) is 5.84 Å². The van der Waals surface area contributed by atoms with Crippen LogP contribution >= 0.6 is 0 Å². The van der Waals surface area contributed by atoms with Gasteiger partial charge in [-0.3, -0.25) is 4.79 Å². The summed E-state index contributed by atoms with van der Waals surface area (Å²) in [4.78, 5) is 16.1. The Morgan fingerprint density at radius 3 is 2.04 bits per heavy atom. The van der Waals surface area contributed by atoms with Crippen molar-refractivity contribution in [3.63, 3.8) is 0 Å². The SMILES string of the molecule is COC(=O)CCC(C)=C(N=C(N)c1ccccc1)c1ccccc1. The zero-order valence-corrected chi connectivity index (χ0v) is 14.0. The van der Waals surface area contributed by atoms with Crippen molar-refractivity contribution in [2.75, 3.05) is 7.11 Å². The molecule has 4 nitrogen and oxygen atoms in total. The Hall–Kier alpha value is -2.88. The van der Waals surface area contributed by atoms with Crippen molar-refractivity contribution >= 4 is 17.5 Å². The number of methoxy groups -OCH3 is 1. The van der Waals surface area contributed by atoms with Crippen molar-refractivity contribution in [2.24, 2.45) is 10.7 Å². The van der Waals surface area contributed by atoms with Gasteiger partial charge in [-0.2, -0.15) is 0 Å². The summed E-state index contributed by atoms with van der Waals surface area (Å²) in [6, 6.07) is 19.5. The molecule has 0 fully saturated rings. The molecule has 24 heavy (non-hydrogen) atoms. The molecule has 0 saturated carbocycles. The average Bonchev–Trinajstić information content (AvgIpc) is 2.65. The van der Waals surface area contributed by atoms with Crippen LogP contribution in [0.1, 0.15) is 30.9 Å². The van der Waals surface area contributed by atoms with Gasteiger partial charge in [-0.05, 0) is 18.9 Å². The third-order valence-corrected chi connectivity index (χ3v) is 3.69. The maximum atomic E-state index is 11.4. The highest BCUT2D eigenvalue weighted by Crippen LogP contribution is 2.23. The first-order valence-corrected chi connectivity index (χ1v) is 7.83. The summed E-state index contributed by atoms with van der Waals surface area (Å²) in [7, 11) is 1.39. The molecule has 0 atom stereocenters. The molecular weight excluding hydrogens is 300 g/mol. The van der Waals surface area contributed by atoms with Crippen LogP contribution in [0.4, 0.5) is 0 Å². The van der Waals surface area contributed by atoms with Gasteiger partial charge in [0.25, 0.3) is 0 Å². The second-order valence-corrected chi connectivity index (χ2v) is 5.43. The zero-order valence-electron chi connectivity index (χ0n) is 14.0. The lowest BCUT2D eigenvalue weighted by molar-refractivity contribution is -0.140. The number of benzene rings is 2. The van der Waals surface area contributed by atoms with Crippen molar-refractivity contribution in [1.82, 2.24) is 0 Å². The van der Waals surface area contributed by atoms with E-state index < -0.39 is 0 Å². The van der Waals surface area contributed by atoms with Crippen molar-refractivity contribution in [3.8, 4) is 0 Å². The smallest absolute Gasteiger partial charge is 0.305 e. The number of nitrogens with zero attached hydrogens (tertiary/aromatic N) is 1. The number of hydrogen-bond acceptors (Lipinski definition) is 3. The Balaban J connectivity index is 2.38. The summed E-state index contributed by atoms with van der Waals surface area (Å²) >= 11 is 0. The predicted octanol–water partition coefficient (Wildman–Crippen LogP) is 3.78. The van der Waals surface area contributed by atoms with E-state index in [2.05, 4.69) is 4.99 Å². The van der Waals surface area contributed by atoms with E-state index in [1.54, 1.807) is 0 Å². The molecule has 0 spiro atoms. The Labute approximate surface area is 142 Å². The fourth-order valence-corrected chi connectivity index (χ4v) is 2.31. The van der Waals surface area contributed by atoms with Crippen LogP contribution in [0.15, 0.2) is 71.2 Å². The number of aliphatic imine (C=N–C) groups is 1. The number of amidine groups is 1. The van der Waals surface area contributed by atoms with Gasteiger partial charge in [-0.15, -0.1) is 0 Å². The fourth-order valence-electron chi connectivity index (χ4n) is 2.31. The number of carbonyl (C=O) groups excluding carboxylic acids is 1. The zero-order chi connectivity index (χ0) is 17.4. The van der Waals surface area contributed by atoms with Gasteiger partial charge in [-0.1, -0.05) is 60.7 Å². The second-order valence-electron chi connectivity index (χ2n) is 5.43. The molecule has 124 valence electrons. The number of esters is 1. The fraction of sp³-hybridized carbons (Fsp3) is 0.200. The summed E-state index contributed by atoms with van der Waals surface area (Å²) in [5.74, 6) is 0.216. The van der Waals surface area contributed by atoms with Gasteiger partial charge in [0.2, 0.25) is 0 Å². The minimum Gasteiger partial charge on any atom is -0.469 e. The topological polar surface area (TPSA) is 64.7 Å². The molecule has 4 heteroatoms. The van der Waals surface area contributed by atoms with E-state index in [-0.39, 0.29) is 5.97 Å². The second kappa shape index (κ2) is 8.67. The molecule has 0 aromatic heterocycles. The molecule has 0 heterocycles. The van der Waals surface area contributed by atoms with E-state index in [1.165, 1.54) is 7.11 Å². The molecule has 0 aliphatic heterocycles. The highest BCUT2D eigenvalue weighted by atomic mass is 16.5. The van der Waals surface area contributed by atoms with E-state index in [1.807, 2.05) is 67.6 Å². The van der Waals surface area contributed by atoms with Gasteiger partial charge >= 0.3 is 5.97 Å². The Morgan fingerprint density at radius 1 is 0.958 bits per heavy atom. The molecule has 0 radical (unpaired) electrons. The van der Waals surface area contributed by atoms with Crippen LogP contribution in [0, 0.1) is 0 Å². The van der Waals surface area contributed by atoms with Gasteiger partial charge in [0.15, 0.2) is 0 Å². The largest absolute Gasteiger partial charge is 0.469 e. The van der Waals surface area contributed by atoms with E-state index in [0.717, 1.165) is 22.4 Å². The summed E-state index contributed by atoms with van der Waals surface area (Å²) in [6.07, 6.45) is 0.891. The molecule has 2 N–H and O–H groups in total. The number of rotatable bonds is 6. The summed E-state index contributed by atoms with van der Waals surface area (Å²) in [5, 5.41) is 0. The summed E-state index contributed by atoms with van der Waals surface area (Å²) in [5.41, 5.74) is 9.80. The third kappa shape index (κ3) is 4.81. The van der Waals surface area contributed by atoms with Crippen LogP contribution in [0.3, 0.4) is 0 Å². The normalized spacial score (nSPS) is 12.5. The highest BCUT2D eigenvalue weighted by Gasteiger charge is 2.09. The molecular formula is C20H22N2O2. The monoisotopic (exact) mass is 322 g/mol. The first kappa shape index (κ1) is 17.5. The summed E-state index contributed by atoms with van der Waals surface area (Å²) < 4.78 is 4.71. The molecule has 0 aliphatic rings. The molecule has 2 aromatic carbocycles. The molecule has 2 rings (SSSR count). The molecule has 2 aromatic rings. The third-order valence-electron chi connectivity index (χ3n) is 3.69. The Morgan fingerprint density at radius 2 is 1.50 bits per heavy atom. The highest BCUT2D eigenvalue weighted by molar-refractivity contribution is 6.00. The van der Waals surface area contributed by atoms with Crippen molar-refractivity contribution in [3.05, 3.63) is 77.4 Å². The maximum absolute atomic E-state index is 11.4. The van der Waals surface area contributed by atoms with Crippen LogP contribution in [-0.4, -0.2) is 18.9 Å². The lowest BCUT2D eigenvalue weighted by atomic mass is 10.0. The molecule has 0 bridgehead atoms. The predicted molar refractivity (Wildman–Crippen MR) is 97.5 cm³/mol. The number of ether oxygens (including phenoxy) is 1. The number of nitrogens with two attached hydrogens (primary N) is 1. The van der Waals surface area contributed by atoms with Gasteiger partial charge in [0, 0.05) is 17.5 Å². The standard InChI is InChI=1S/C20H22N2O2/c1-15(13-14-18(23)24-2)19(16-9-5-3-6-10-16)22-20(21)17-11-7-4-8-12-17/h3-12H,13-14H2,1-2H3,(H2,21,22). The van der Waals surface area contributed by atoms with Crippen LogP contribution in [-0.2, 0) is 9.53 Å². The molecule has 0 unspecified atom stereocenters. The van der Waals surface area contributed by atoms with Gasteiger partial charge in [0.05, 0.1) is 12.8 Å². The van der Waals surface area contributed by atoms with E-state index in [4.69, 9.17) is 10.5 Å². The summed E-state index contributed by atoms with van der Waals surface area (Å²) in [6.45, 7) is 1.97. The first-order chi connectivity index (χ1) is 11.6. The number of allylic oxidation sites excluding steroid dienone is 1. The lowest BCUT2D eigenvalue weighted by Gasteiger charge is -2.10. The number of hydrogen-bond donors (Lipinski definition) is 1. The first-order valence-electron chi connectivity index (χ1n) is 7.83. The van der Waals surface area contributed by atoms with Crippen molar-refractivity contribution < 1.29 is 9.53 Å².